The monoisotopic (exact) mass is 436 g/mol. The van der Waals surface area contributed by atoms with Gasteiger partial charge in [-0.05, 0) is 38.1 Å². The van der Waals surface area contributed by atoms with Crippen molar-refractivity contribution in [2.45, 2.75) is 20.4 Å². The quantitative estimate of drug-likeness (QED) is 0.739. The van der Waals surface area contributed by atoms with Gasteiger partial charge < -0.3 is 14.4 Å². The highest BCUT2D eigenvalue weighted by atomic mass is 32.2. The zero-order chi connectivity index (χ0) is 21.9. The SMILES string of the molecule is CCS(=O)(=O)Nc1ccc(C)n(CC(=O)N2CCN(c3ccccc3F)CC2)c1=O. The van der Waals surface area contributed by atoms with Crippen LogP contribution in [0.4, 0.5) is 15.8 Å². The summed E-state index contributed by atoms with van der Waals surface area (Å²) in [6.45, 7) is 4.74. The number of benzene rings is 1. The van der Waals surface area contributed by atoms with Gasteiger partial charge in [0.05, 0.1) is 11.4 Å². The van der Waals surface area contributed by atoms with Gasteiger partial charge in [-0.3, -0.25) is 14.3 Å². The van der Waals surface area contributed by atoms with Gasteiger partial charge in [0.1, 0.15) is 18.0 Å². The van der Waals surface area contributed by atoms with E-state index in [-0.39, 0.29) is 29.7 Å². The second kappa shape index (κ2) is 8.86. The van der Waals surface area contributed by atoms with Crippen LogP contribution >= 0.6 is 0 Å². The van der Waals surface area contributed by atoms with Gasteiger partial charge in [-0.25, -0.2) is 12.8 Å². The third kappa shape index (κ3) is 4.81. The van der Waals surface area contributed by atoms with Gasteiger partial charge in [0, 0.05) is 31.9 Å². The Kier molecular flexibility index (Phi) is 6.45. The Labute approximate surface area is 175 Å². The predicted molar refractivity (Wildman–Crippen MR) is 114 cm³/mol. The minimum atomic E-state index is -3.60. The first-order valence-electron chi connectivity index (χ1n) is 9.70. The topological polar surface area (TPSA) is 91.7 Å². The van der Waals surface area contributed by atoms with E-state index in [0.29, 0.717) is 37.6 Å². The number of anilines is 2. The fraction of sp³-hybridized carbons (Fsp3) is 0.400. The number of carbonyl (C=O) groups excluding carboxylic acids is 1. The first kappa shape index (κ1) is 21.8. The van der Waals surface area contributed by atoms with Crippen LogP contribution in [0.25, 0.3) is 0 Å². The molecular formula is C20H25FN4O4S. The van der Waals surface area contributed by atoms with Crippen LogP contribution in [-0.2, 0) is 21.4 Å². The summed E-state index contributed by atoms with van der Waals surface area (Å²) in [5.41, 5.74) is 0.412. The van der Waals surface area contributed by atoms with Crippen molar-refractivity contribution >= 4 is 27.3 Å². The molecule has 1 aromatic carbocycles. The van der Waals surface area contributed by atoms with E-state index in [1.165, 1.54) is 23.6 Å². The highest BCUT2D eigenvalue weighted by molar-refractivity contribution is 7.92. The molecule has 8 nitrogen and oxygen atoms in total. The Hall–Kier alpha value is -2.88. The minimum Gasteiger partial charge on any atom is -0.366 e. The number of halogens is 1. The van der Waals surface area contributed by atoms with E-state index >= 15 is 0 Å². The molecule has 1 N–H and O–H groups in total. The number of hydrogen-bond acceptors (Lipinski definition) is 5. The maximum Gasteiger partial charge on any atom is 0.275 e. The molecule has 0 radical (unpaired) electrons. The minimum absolute atomic E-state index is 0.0837. The summed E-state index contributed by atoms with van der Waals surface area (Å²) in [7, 11) is -3.60. The Balaban J connectivity index is 1.70. The van der Waals surface area contributed by atoms with Crippen LogP contribution in [0.3, 0.4) is 0 Å². The van der Waals surface area contributed by atoms with Crippen LogP contribution in [0.1, 0.15) is 12.6 Å². The average molecular weight is 437 g/mol. The molecule has 0 aliphatic carbocycles. The number of para-hydroxylation sites is 1. The zero-order valence-electron chi connectivity index (χ0n) is 17.0. The second-order valence-electron chi connectivity index (χ2n) is 7.10. The second-order valence-corrected chi connectivity index (χ2v) is 9.12. The van der Waals surface area contributed by atoms with Crippen LogP contribution in [0, 0.1) is 12.7 Å². The molecule has 2 heterocycles. The fourth-order valence-corrected chi connectivity index (χ4v) is 3.96. The van der Waals surface area contributed by atoms with E-state index in [1.54, 1.807) is 36.1 Å². The smallest absolute Gasteiger partial charge is 0.275 e. The van der Waals surface area contributed by atoms with Crippen molar-refractivity contribution in [2.24, 2.45) is 0 Å². The number of sulfonamides is 1. The molecule has 1 fully saturated rings. The number of nitrogens with one attached hydrogen (secondary N) is 1. The summed E-state index contributed by atoms with van der Waals surface area (Å²) < 4.78 is 41.1. The van der Waals surface area contributed by atoms with Crippen LogP contribution in [0.5, 0.6) is 0 Å². The summed E-state index contributed by atoms with van der Waals surface area (Å²) in [6.07, 6.45) is 0. The lowest BCUT2D eigenvalue weighted by Crippen LogP contribution is -2.50. The van der Waals surface area contributed by atoms with Gasteiger partial charge in [0.25, 0.3) is 5.56 Å². The number of carbonyl (C=O) groups is 1. The van der Waals surface area contributed by atoms with Crippen LogP contribution in [-0.4, -0.2) is 55.7 Å². The van der Waals surface area contributed by atoms with E-state index in [0.717, 1.165) is 0 Å². The Morgan fingerprint density at radius 1 is 1.10 bits per heavy atom. The number of aryl methyl sites for hydroxylation is 1. The highest BCUT2D eigenvalue weighted by Gasteiger charge is 2.24. The van der Waals surface area contributed by atoms with E-state index < -0.39 is 15.6 Å². The first-order valence-corrected chi connectivity index (χ1v) is 11.3. The molecule has 10 heteroatoms. The van der Waals surface area contributed by atoms with Crippen molar-refractivity contribution in [1.82, 2.24) is 9.47 Å². The molecule has 30 heavy (non-hydrogen) atoms. The maximum atomic E-state index is 14.0. The Morgan fingerprint density at radius 3 is 2.40 bits per heavy atom. The molecule has 162 valence electrons. The van der Waals surface area contributed by atoms with E-state index in [1.807, 2.05) is 4.90 Å². The molecule has 0 atom stereocenters. The predicted octanol–water partition coefficient (Wildman–Crippen LogP) is 1.41. The van der Waals surface area contributed by atoms with Crippen LogP contribution in [0.2, 0.25) is 0 Å². The summed E-state index contributed by atoms with van der Waals surface area (Å²) in [5, 5.41) is 0. The van der Waals surface area contributed by atoms with Gasteiger partial charge in [-0.15, -0.1) is 0 Å². The molecule has 0 bridgehead atoms. The Morgan fingerprint density at radius 2 is 1.77 bits per heavy atom. The zero-order valence-corrected chi connectivity index (χ0v) is 17.8. The first-order chi connectivity index (χ1) is 14.2. The van der Waals surface area contributed by atoms with Crippen molar-refractivity contribution in [1.29, 1.82) is 0 Å². The van der Waals surface area contributed by atoms with Crippen LogP contribution in [0.15, 0.2) is 41.2 Å². The van der Waals surface area contributed by atoms with E-state index in [4.69, 9.17) is 0 Å². The van der Waals surface area contributed by atoms with Gasteiger partial charge in [-0.1, -0.05) is 12.1 Å². The molecule has 1 saturated heterocycles. The maximum absolute atomic E-state index is 14.0. The largest absolute Gasteiger partial charge is 0.366 e. The normalized spacial score (nSPS) is 14.6. The number of amides is 1. The lowest BCUT2D eigenvalue weighted by Gasteiger charge is -2.36. The summed E-state index contributed by atoms with van der Waals surface area (Å²) in [6, 6.07) is 9.51. The Bertz CT molecular complexity index is 1090. The van der Waals surface area contributed by atoms with Gasteiger partial charge in [-0.2, -0.15) is 0 Å². The third-order valence-electron chi connectivity index (χ3n) is 5.16. The molecule has 0 saturated carbocycles. The van der Waals surface area contributed by atoms with E-state index in [2.05, 4.69) is 4.72 Å². The van der Waals surface area contributed by atoms with Crippen molar-refractivity contribution < 1.29 is 17.6 Å². The molecule has 1 aliphatic rings. The number of aromatic nitrogens is 1. The molecule has 1 amide bonds. The molecule has 0 spiro atoms. The number of rotatable bonds is 6. The van der Waals surface area contributed by atoms with Crippen molar-refractivity contribution in [3.8, 4) is 0 Å². The van der Waals surface area contributed by atoms with Gasteiger partial charge in [0.15, 0.2) is 0 Å². The third-order valence-corrected chi connectivity index (χ3v) is 6.45. The molecule has 1 aromatic heterocycles. The number of piperazine rings is 1. The van der Waals surface area contributed by atoms with Gasteiger partial charge >= 0.3 is 0 Å². The van der Waals surface area contributed by atoms with Crippen LogP contribution < -0.4 is 15.2 Å². The molecule has 1 aliphatic heterocycles. The molecular weight excluding hydrogens is 411 g/mol. The number of pyridine rings is 1. The molecule has 2 aromatic rings. The lowest BCUT2D eigenvalue weighted by molar-refractivity contribution is -0.132. The number of nitrogens with zero attached hydrogens (tertiary/aromatic N) is 3. The molecule has 0 unspecified atom stereocenters. The van der Waals surface area contributed by atoms with Crippen molar-refractivity contribution in [2.75, 3.05) is 41.6 Å². The average Bonchev–Trinajstić information content (AvgIpc) is 2.73. The van der Waals surface area contributed by atoms with E-state index in [9.17, 15) is 22.4 Å². The summed E-state index contributed by atoms with van der Waals surface area (Å²) in [5.74, 6) is -0.708. The number of hydrogen-bond donors (Lipinski definition) is 1. The summed E-state index contributed by atoms with van der Waals surface area (Å²) >= 11 is 0. The van der Waals surface area contributed by atoms with Crippen molar-refractivity contribution in [3.05, 3.63) is 58.3 Å². The standard InChI is InChI=1S/C20H25FN4O4S/c1-3-30(28,29)22-17-9-8-15(2)25(20(17)27)14-19(26)24-12-10-23(11-13-24)18-7-5-4-6-16(18)21/h4-9,22H,3,10-14H2,1-2H3. The molecule has 3 rings (SSSR count). The highest BCUT2D eigenvalue weighted by Crippen LogP contribution is 2.20. The van der Waals surface area contributed by atoms with Gasteiger partial charge in [0.2, 0.25) is 15.9 Å². The fourth-order valence-electron chi connectivity index (χ4n) is 3.32. The lowest BCUT2D eigenvalue weighted by atomic mass is 10.2. The summed E-state index contributed by atoms with van der Waals surface area (Å²) in [4.78, 5) is 29.0. The van der Waals surface area contributed by atoms with Crippen molar-refractivity contribution in [3.63, 3.8) is 0 Å².